The van der Waals surface area contributed by atoms with E-state index in [0.29, 0.717) is 0 Å². The smallest absolute Gasteiger partial charge is 0.187 e. The molecule has 0 aromatic carbocycles. The molecule has 6 heteroatoms. The van der Waals surface area contributed by atoms with Crippen LogP contribution in [0.15, 0.2) is 12.2 Å². The molecule has 5 atom stereocenters. The molecule has 0 saturated carbocycles. The quantitative estimate of drug-likeness (QED) is 0.466. The Morgan fingerprint density at radius 3 is 2.44 bits per heavy atom. The minimum atomic E-state index is -1.39. The van der Waals surface area contributed by atoms with Gasteiger partial charge in [-0.15, -0.1) is 0 Å². The fourth-order valence-corrected chi connectivity index (χ4v) is 1.71. The highest BCUT2D eigenvalue weighted by atomic mass is 16.7. The van der Waals surface area contributed by atoms with Crippen LogP contribution < -0.4 is 0 Å². The molecule has 1 aliphatic heterocycles. The van der Waals surface area contributed by atoms with Gasteiger partial charge in [0, 0.05) is 0 Å². The van der Waals surface area contributed by atoms with E-state index in [2.05, 4.69) is 6.92 Å². The van der Waals surface area contributed by atoms with E-state index in [1.807, 2.05) is 6.08 Å². The highest BCUT2D eigenvalue weighted by molar-refractivity contribution is 4.89. The number of hydrogen-bond acceptors (Lipinski definition) is 6. The first-order chi connectivity index (χ1) is 8.61. The Hall–Kier alpha value is -0.500. The lowest BCUT2D eigenvalue weighted by Gasteiger charge is -2.39. The van der Waals surface area contributed by atoms with Gasteiger partial charge < -0.3 is 29.9 Å². The summed E-state index contributed by atoms with van der Waals surface area (Å²) in [5, 5.41) is 37.7. The third kappa shape index (κ3) is 4.01. The second kappa shape index (κ2) is 7.83. The summed E-state index contributed by atoms with van der Waals surface area (Å²) in [6.07, 6.45) is -0.313. The van der Waals surface area contributed by atoms with Crippen LogP contribution in [0.4, 0.5) is 0 Å². The number of hydrogen-bond donors (Lipinski definition) is 4. The lowest BCUT2D eigenvalue weighted by molar-refractivity contribution is -0.298. The van der Waals surface area contributed by atoms with Crippen molar-refractivity contribution in [1.82, 2.24) is 0 Å². The summed E-state index contributed by atoms with van der Waals surface area (Å²) in [7, 11) is 0. The average Bonchev–Trinajstić information content (AvgIpc) is 2.38. The van der Waals surface area contributed by atoms with Crippen molar-refractivity contribution in [3.63, 3.8) is 0 Å². The van der Waals surface area contributed by atoms with Gasteiger partial charge in [0.2, 0.25) is 0 Å². The molecule has 18 heavy (non-hydrogen) atoms. The molecule has 1 aliphatic rings. The fourth-order valence-electron chi connectivity index (χ4n) is 1.71. The normalized spacial score (nSPS) is 37.3. The molecule has 0 bridgehead atoms. The fraction of sp³-hybridized carbons (Fsp3) is 0.833. The van der Waals surface area contributed by atoms with Gasteiger partial charge in [-0.3, -0.25) is 0 Å². The monoisotopic (exact) mass is 262 g/mol. The van der Waals surface area contributed by atoms with Gasteiger partial charge in [0.15, 0.2) is 6.29 Å². The molecule has 1 rings (SSSR count). The largest absolute Gasteiger partial charge is 0.394 e. The minimum Gasteiger partial charge on any atom is -0.394 e. The van der Waals surface area contributed by atoms with Crippen molar-refractivity contribution in [3.8, 4) is 0 Å². The first-order valence-electron chi connectivity index (χ1n) is 6.19. The summed E-state index contributed by atoms with van der Waals surface area (Å²) < 4.78 is 10.4. The van der Waals surface area contributed by atoms with Crippen molar-refractivity contribution in [2.45, 2.75) is 50.5 Å². The van der Waals surface area contributed by atoms with Crippen LogP contribution in [0.2, 0.25) is 0 Å². The van der Waals surface area contributed by atoms with E-state index in [4.69, 9.17) is 14.6 Å². The molecular weight excluding hydrogens is 240 g/mol. The first kappa shape index (κ1) is 15.6. The van der Waals surface area contributed by atoms with E-state index >= 15 is 0 Å². The Labute approximate surface area is 106 Å². The Morgan fingerprint density at radius 2 is 1.83 bits per heavy atom. The van der Waals surface area contributed by atoms with Crippen molar-refractivity contribution in [1.29, 1.82) is 0 Å². The summed E-state index contributed by atoms with van der Waals surface area (Å²) >= 11 is 0. The topological polar surface area (TPSA) is 99.4 Å². The minimum absolute atomic E-state index is 0.239. The Kier molecular flexibility index (Phi) is 6.77. The van der Waals surface area contributed by atoms with Gasteiger partial charge in [0.05, 0.1) is 13.2 Å². The molecule has 0 aromatic rings. The van der Waals surface area contributed by atoms with Gasteiger partial charge in [0.25, 0.3) is 0 Å². The van der Waals surface area contributed by atoms with Crippen LogP contribution in [-0.2, 0) is 9.47 Å². The maximum absolute atomic E-state index is 9.66. The number of unbranched alkanes of at least 4 members (excludes halogenated alkanes) is 1. The van der Waals surface area contributed by atoms with E-state index < -0.39 is 37.3 Å². The standard InChI is InChI=1S/C12H22O6/c1-2-3-4-5-6-17-12-11(16)10(15)9(14)8(7-13)18-12/h4-5,8-16H,2-3,6-7H2,1H3/b5-4+/t8-,9-,10+,11-,12-/m1/s1. The molecule has 1 heterocycles. The zero-order chi connectivity index (χ0) is 13.5. The summed E-state index contributed by atoms with van der Waals surface area (Å²) in [5.41, 5.74) is 0. The van der Waals surface area contributed by atoms with Gasteiger partial charge in [-0.2, -0.15) is 0 Å². The Balaban J connectivity index is 2.44. The SMILES string of the molecule is CCC/C=C/CO[C@@H]1O[C@H](CO)[C@@H](O)[C@H](O)[C@H]1O. The number of ether oxygens (including phenoxy) is 2. The molecule has 106 valence electrons. The third-order valence-electron chi connectivity index (χ3n) is 2.83. The molecule has 0 radical (unpaired) electrons. The zero-order valence-electron chi connectivity index (χ0n) is 10.5. The van der Waals surface area contributed by atoms with E-state index in [1.165, 1.54) is 0 Å². The molecule has 1 saturated heterocycles. The van der Waals surface area contributed by atoms with Gasteiger partial charge in [0.1, 0.15) is 24.4 Å². The average molecular weight is 262 g/mol. The molecular formula is C12H22O6. The van der Waals surface area contributed by atoms with E-state index in [1.54, 1.807) is 6.08 Å². The predicted octanol–water partition coefficient (Wildman–Crippen LogP) is -0.841. The van der Waals surface area contributed by atoms with Gasteiger partial charge in [-0.25, -0.2) is 0 Å². The lowest BCUT2D eigenvalue weighted by Crippen LogP contribution is -2.59. The predicted molar refractivity (Wildman–Crippen MR) is 63.8 cm³/mol. The van der Waals surface area contributed by atoms with Crippen molar-refractivity contribution in [2.75, 3.05) is 13.2 Å². The van der Waals surface area contributed by atoms with Crippen LogP contribution in [0, 0.1) is 0 Å². The first-order valence-corrected chi connectivity index (χ1v) is 6.19. The van der Waals surface area contributed by atoms with Gasteiger partial charge >= 0.3 is 0 Å². The van der Waals surface area contributed by atoms with Gasteiger partial charge in [-0.05, 0) is 6.42 Å². The highest BCUT2D eigenvalue weighted by Gasteiger charge is 2.43. The molecule has 0 aromatic heterocycles. The molecule has 6 nitrogen and oxygen atoms in total. The van der Waals surface area contributed by atoms with Crippen LogP contribution in [0.25, 0.3) is 0 Å². The zero-order valence-corrected chi connectivity index (χ0v) is 10.5. The summed E-state index contributed by atoms with van der Waals surface area (Å²) in [4.78, 5) is 0. The van der Waals surface area contributed by atoms with E-state index in [0.717, 1.165) is 12.8 Å². The molecule has 0 spiro atoms. The third-order valence-corrected chi connectivity index (χ3v) is 2.83. The van der Waals surface area contributed by atoms with Crippen LogP contribution in [-0.4, -0.2) is 64.3 Å². The van der Waals surface area contributed by atoms with Crippen molar-refractivity contribution >= 4 is 0 Å². The summed E-state index contributed by atoms with van der Waals surface area (Å²) in [6.45, 7) is 1.85. The lowest BCUT2D eigenvalue weighted by atomic mass is 9.99. The highest BCUT2D eigenvalue weighted by Crippen LogP contribution is 2.21. The molecule has 4 N–H and O–H groups in total. The number of aliphatic hydroxyl groups is 4. The molecule has 1 fully saturated rings. The number of allylic oxidation sites excluding steroid dienone is 1. The Bertz CT molecular complexity index is 255. The summed E-state index contributed by atoms with van der Waals surface area (Å²) in [6, 6.07) is 0. The van der Waals surface area contributed by atoms with E-state index in [-0.39, 0.29) is 6.61 Å². The number of aliphatic hydroxyl groups excluding tert-OH is 4. The van der Waals surface area contributed by atoms with Crippen LogP contribution in [0.3, 0.4) is 0 Å². The molecule has 0 aliphatic carbocycles. The molecule has 0 amide bonds. The van der Waals surface area contributed by atoms with Crippen LogP contribution >= 0.6 is 0 Å². The summed E-state index contributed by atoms with van der Waals surface area (Å²) in [5.74, 6) is 0. The molecule has 0 unspecified atom stereocenters. The Morgan fingerprint density at radius 1 is 1.11 bits per heavy atom. The van der Waals surface area contributed by atoms with Crippen molar-refractivity contribution in [3.05, 3.63) is 12.2 Å². The maximum atomic E-state index is 9.66. The second-order valence-electron chi connectivity index (χ2n) is 4.29. The van der Waals surface area contributed by atoms with Crippen molar-refractivity contribution < 1.29 is 29.9 Å². The number of rotatable bonds is 6. The second-order valence-corrected chi connectivity index (χ2v) is 4.29. The van der Waals surface area contributed by atoms with E-state index in [9.17, 15) is 15.3 Å². The van der Waals surface area contributed by atoms with Crippen LogP contribution in [0.1, 0.15) is 19.8 Å². The van der Waals surface area contributed by atoms with Gasteiger partial charge in [-0.1, -0.05) is 25.5 Å². The van der Waals surface area contributed by atoms with Crippen LogP contribution in [0.5, 0.6) is 0 Å². The maximum Gasteiger partial charge on any atom is 0.187 e. The van der Waals surface area contributed by atoms with Crippen molar-refractivity contribution in [2.24, 2.45) is 0 Å².